The van der Waals surface area contributed by atoms with Crippen LogP contribution >= 0.6 is 15.9 Å². The standard InChI is InChI=1S/C7H16BrN2/c1-7(8)6-9-4-5-10(7,2)3/h9H,4-6H2,1-3H3/q+1. The van der Waals surface area contributed by atoms with Gasteiger partial charge in [-0.05, 0) is 15.9 Å². The van der Waals surface area contributed by atoms with Gasteiger partial charge in [0.1, 0.15) is 0 Å². The zero-order valence-electron chi connectivity index (χ0n) is 6.95. The van der Waals surface area contributed by atoms with Gasteiger partial charge in [-0.2, -0.15) is 0 Å². The molecule has 0 aromatic heterocycles. The molecule has 2 nitrogen and oxygen atoms in total. The van der Waals surface area contributed by atoms with E-state index in [4.69, 9.17) is 0 Å². The molecule has 0 saturated carbocycles. The summed E-state index contributed by atoms with van der Waals surface area (Å²) in [6.45, 7) is 5.62. The number of hydrogen-bond acceptors (Lipinski definition) is 1. The molecule has 3 heteroatoms. The van der Waals surface area contributed by atoms with Crippen LogP contribution in [0.25, 0.3) is 0 Å². The molecule has 1 aliphatic heterocycles. The summed E-state index contributed by atoms with van der Waals surface area (Å²) in [5.74, 6) is 0. The van der Waals surface area contributed by atoms with E-state index in [0.717, 1.165) is 17.6 Å². The van der Waals surface area contributed by atoms with Crippen LogP contribution in [0.3, 0.4) is 0 Å². The minimum atomic E-state index is 0.214. The molecular formula is C7H16BrN2+. The Morgan fingerprint density at radius 1 is 1.50 bits per heavy atom. The van der Waals surface area contributed by atoms with Crippen molar-refractivity contribution < 1.29 is 4.48 Å². The molecule has 1 unspecified atom stereocenters. The topological polar surface area (TPSA) is 12.0 Å². The Kier molecular flexibility index (Phi) is 2.10. The lowest BCUT2D eigenvalue weighted by atomic mass is 10.2. The molecule has 10 heavy (non-hydrogen) atoms. The Morgan fingerprint density at radius 2 is 2.10 bits per heavy atom. The molecule has 1 saturated heterocycles. The fourth-order valence-electron chi connectivity index (χ4n) is 1.12. The highest BCUT2D eigenvalue weighted by molar-refractivity contribution is 9.10. The summed E-state index contributed by atoms with van der Waals surface area (Å²) in [7, 11) is 4.52. The number of likely N-dealkylation sites (N-methyl/N-ethyl adjacent to an activating group) is 1. The summed E-state index contributed by atoms with van der Waals surface area (Å²) < 4.78 is 1.27. The van der Waals surface area contributed by atoms with Crippen molar-refractivity contribution in [3.05, 3.63) is 0 Å². The largest absolute Gasteiger partial charge is 0.313 e. The molecule has 60 valence electrons. The molecule has 1 aliphatic rings. The first-order chi connectivity index (χ1) is 4.46. The zero-order valence-corrected chi connectivity index (χ0v) is 8.53. The zero-order chi connectivity index (χ0) is 7.83. The Labute approximate surface area is 71.3 Å². The SMILES string of the molecule is CC1(Br)CNCC[N+]1(C)C. The van der Waals surface area contributed by atoms with E-state index >= 15 is 0 Å². The third kappa shape index (κ3) is 1.36. The van der Waals surface area contributed by atoms with Gasteiger partial charge in [-0.15, -0.1) is 0 Å². The van der Waals surface area contributed by atoms with Crippen molar-refractivity contribution in [3.63, 3.8) is 0 Å². The van der Waals surface area contributed by atoms with E-state index in [-0.39, 0.29) is 4.45 Å². The average Bonchev–Trinajstić information content (AvgIpc) is 1.77. The maximum Gasteiger partial charge on any atom is 0.163 e. The van der Waals surface area contributed by atoms with E-state index in [0.29, 0.717) is 0 Å². The average molecular weight is 208 g/mol. The minimum Gasteiger partial charge on any atom is -0.313 e. The Bertz CT molecular complexity index is 116. The predicted octanol–water partition coefficient (Wildman–Crippen LogP) is 0.777. The van der Waals surface area contributed by atoms with E-state index in [9.17, 15) is 0 Å². The summed E-state index contributed by atoms with van der Waals surface area (Å²) in [4.78, 5) is 0. The fourth-order valence-corrected chi connectivity index (χ4v) is 1.50. The van der Waals surface area contributed by atoms with E-state index < -0.39 is 0 Å². The highest BCUT2D eigenvalue weighted by atomic mass is 79.9. The number of hydrogen-bond donors (Lipinski definition) is 1. The summed E-state index contributed by atoms with van der Waals surface area (Å²) >= 11 is 3.72. The quantitative estimate of drug-likeness (QED) is 0.352. The van der Waals surface area contributed by atoms with Gasteiger partial charge in [0.2, 0.25) is 0 Å². The summed E-state index contributed by atoms with van der Waals surface area (Å²) in [5, 5.41) is 3.37. The lowest BCUT2D eigenvalue weighted by Crippen LogP contribution is -2.64. The molecule has 0 amide bonds. The molecule has 1 heterocycles. The molecule has 0 radical (unpaired) electrons. The first kappa shape index (κ1) is 8.50. The Hall–Kier alpha value is 0.400. The van der Waals surface area contributed by atoms with Crippen molar-refractivity contribution in [2.75, 3.05) is 33.7 Å². The molecule has 0 aromatic rings. The first-order valence-corrected chi connectivity index (χ1v) is 4.48. The van der Waals surface area contributed by atoms with E-state index in [2.05, 4.69) is 42.3 Å². The smallest absolute Gasteiger partial charge is 0.163 e. The molecule has 0 bridgehead atoms. The molecular weight excluding hydrogens is 192 g/mol. The van der Waals surface area contributed by atoms with Crippen molar-refractivity contribution >= 4 is 15.9 Å². The van der Waals surface area contributed by atoms with Crippen molar-refractivity contribution in [1.29, 1.82) is 0 Å². The van der Waals surface area contributed by atoms with Crippen LogP contribution in [0.2, 0.25) is 0 Å². The second-order valence-electron chi connectivity index (χ2n) is 3.73. The fraction of sp³-hybridized carbons (Fsp3) is 1.00. The summed E-state index contributed by atoms with van der Waals surface area (Å²) in [5.41, 5.74) is 0. The number of quaternary nitrogens is 1. The van der Waals surface area contributed by atoms with Crippen LogP contribution in [0.5, 0.6) is 0 Å². The summed E-state index contributed by atoms with van der Waals surface area (Å²) in [6.07, 6.45) is 0. The molecule has 0 aromatic carbocycles. The maximum absolute atomic E-state index is 3.72. The number of nitrogens with one attached hydrogen (secondary N) is 1. The predicted molar refractivity (Wildman–Crippen MR) is 47.2 cm³/mol. The molecule has 0 aliphatic carbocycles. The van der Waals surface area contributed by atoms with Crippen LogP contribution in [0.4, 0.5) is 0 Å². The van der Waals surface area contributed by atoms with E-state index in [1.165, 1.54) is 6.54 Å². The van der Waals surface area contributed by atoms with Crippen molar-refractivity contribution in [2.24, 2.45) is 0 Å². The van der Waals surface area contributed by atoms with Crippen LogP contribution in [0, 0.1) is 0 Å². The Morgan fingerprint density at radius 3 is 2.40 bits per heavy atom. The lowest BCUT2D eigenvalue weighted by molar-refractivity contribution is -0.923. The lowest BCUT2D eigenvalue weighted by Gasteiger charge is -2.46. The summed E-state index contributed by atoms with van der Waals surface area (Å²) in [6, 6.07) is 0. The monoisotopic (exact) mass is 207 g/mol. The van der Waals surface area contributed by atoms with Gasteiger partial charge in [-0.25, -0.2) is 0 Å². The van der Waals surface area contributed by atoms with Gasteiger partial charge in [0.05, 0.1) is 27.2 Å². The van der Waals surface area contributed by atoms with Gasteiger partial charge in [-0.1, -0.05) is 0 Å². The second kappa shape index (κ2) is 2.47. The second-order valence-corrected chi connectivity index (χ2v) is 5.44. The molecule has 1 fully saturated rings. The van der Waals surface area contributed by atoms with Crippen molar-refractivity contribution in [2.45, 2.75) is 11.4 Å². The van der Waals surface area contributed by atoms with Crippen LogP contribution in [-0.4, -0.2) is 42.7 Å². The number of halogens is 1. The van der Waals surface area contributed by atoms with Gasteiger partial charge in [0.25, 0.3) is 0 Å². The number of rotatable bonds is 0. The van der Waals surface area contributed by atoms with Crippen molar-refractivity contribution in [1.82, 2.24) is 5.32 Å². The third-order valence-corrected chi connectivity index (χ3v) is 3.80. The van der Waals surface area contributed by atoms with Crippen LogP contribution in [0.15, 0.2) is 0 Å². The number of piperazine rings is 1. The highest BCUT2D eigenvalue weighted by Gasteiger charge is 2.40. The first-order valence-electron chi connectivity index (χ1n) is 3.68. The normalized spacial score (nSPS) is 39.6. The van der Waals surface area contributed by atoms with Crippen LogP contribution in [0.1, 0.15) is 6.92 Å². The Balaban J connectivity index is 2.70. The maximum atomic E-state index is 3.72. The minimum absolute atomic E-state index is 0.214. The number of nitrogens with zero attached hydrogens (tertiary/aromatic N) is 1. The van der Waals surface area contributed by atoms with Gasteiger partial charge < -0.3 is 9.80 Å². The molecule has 0 spiro atoms. The van der Waals surface area contributed by atoms with E-state index in [1.807, 2.05) is 0 Å². The van der Waals surface area contributed by atoms with E-state index in [1.54, 1.807) is 0 Å². The van der Waals surface area contributed by atoms with Gasteiger partial charge in [0.15, 0.2) is 4.45 Å². The van der Waals surface area contributed by atoms with Crippen molar-refractivity contribution in [3.8, 4) is 0 Å². The molecule has 1 rings (SSSR count). The molecule has 1 atom stereocenters. The highest BCUT2D eigenvalue weighted by Crippen LogP contribution is 2.28. The van der Waals surface area contributed by atoms with Crippen LogP contribution in [-0.2, 0) is 0 Å². The molecule has 1 N–H and O–H groups in total. The van der Waals surface area contributed by atoms with Gasteiger partial charge in [0, 0.05) is 13.5 Å². The number of alkyl halides is 1. The van der Waals surface area contributed by atoms with Gasteiger partial charge >= 0.3 is 0 Å². The third-order valence-electron chi connectivity index (χ3n) is 2.56. The van der Waals surface area contributed by atoms with Gasteiger partial charge in [-0.3, -0.25) is 0 Å². The van der Waals surface area contributed by atoms with Crippen LogP contribution < -0.4 is 5.32 Å².